The summed E-state index contributed by atoms with van der Waals surface area (Å²) in [7, 11) is 0. The van der Waals surface area contributed by atoms with E-state index in [0.717, 1.165) is 18.9 Å². The van der Waals surface area contributed by atoms with E-state index in [0.29, 0.717) is 30.1 Å². The molecule has 0 saturated carbocycles. The molecule has 3 aromatic rings. The second kappa shape index (κ2) is 9.17. The maximum Gasteiger partial charge on any atom is 0.387 e. The van der Waals surface area contributed by atoms with Gasteiger partial charge in [0, 0.05) is 25.2 Å². The highest BCUT2D eigenvalue weighted by Gasteiger charge is 2.41. The number of carbonyl (C=O) groups excluding carboxylic acids is 1. The van der Waals surface area contributed by atoms with Crippen molar-refractivity contribution in [1.29, 1.82) is 0 Å². The molecule has 6 rings (SSSR count). The fraction of sp³-hybridized carbons (Fsp3) is 0.318. The molecule has 1 N–H and O–H groups in total. The summed E-state index contributed by atoms with van der Waals surface area (Å²) >= 11 is 5.86. The first-order valence-electron chi connectivity index (χ1n) is 10.7. The summed E-state index contributed by atoms with van der Waals surface area (Å²) in [5.74, 6) is -0.932. The average Bonchev–Trinajstić information content (AvgIpc) is 2.87. The highest BCUT2D eigenvalue weighted by atomic mass is 35.5. The van der Waals surface area contributed by atoms with Crippen LogP contribution in [0.2, 0.25) is 5.02 Å². The molecule has 1 aromatic carbocycles. The molecule has 2 bridgehead atoms. The van der Waals surface area contributed by atoms with Gasteiger partial charge in [0.2, 0.25) is 11.9 Å². The predicted molar refractivity (Wildman–Crippen MR) is 123 cm³/mol. The number of hydrogen-bond acceptors (Lipinski definition) is 8. The second-order valence-electron chi connectivity index (χ2n) is 8.10. The van der Waals surface area contributed by atoms with Gasteiger partial charge in [0.25, 0.3) is 0 Å². The van der Waals surface area contributed by atoms with Crippen LogP contribution in [0.3, 0.4) is 0 Å². The third-order valence-electron chi connectivity index (χ3n) is 6.12. The lowest BCUT2D eigenvalue weighted by Gasteiger charge is -2.51. The van der Waals surface area contributed by atoms with E-state index in [1.54, 1.807) is 6.20 Å². The third-order valence-corrected chi connectivity index (χ3v) is 6.48. The van der Waals surface area contributed by atoms with Crippen molar-refractivity contribution in [2.75, 3.05) is 23.3 Å². The maximum absolute atomic E-state index is 14.8. The summed E-state index contributed by atoms with van der Waals surface area (Å²) < 4.78 is 44.0. The average molecular weight is 506 g/mol. The Morgan fingerprint density at radius 1 is 1.23 bits per heavy atom. The van der Waals surface area contributed by atoms with Crippen molar-refractivity contribution < 1.29 is 22.7 Å². The van der Waals surface area contributed by atoms with Crippen LogP contribution in [0.1, 0.15) is 12.8 Å². The number of carbonyl (C=O) groups is 1. The largest absolute Gasteiger partial charge is 0.433 e. The lowest BCUT2D eigenvalue weighted by molar-refractivity contribution is -0.131. The van der Waals surface area contributed by atoms with Crippen LogP contribution >= 0.6 is 11.6 Å². The molecular formula is C22H19ClF3N7O2. The number of aromatic nitrogens is 4. The Hall–Kier alpha value is -3.67. The predicted octanol–water partition coefficient (Wildman–Crippen LogP) is 3.92. The van der Waals surface area contributed by atoms with Gasteiger partial charge in [0.15, 0.2) is 11.6 Å². The van der Waals surface area contributed by atoms with Crippen molar-refractivity contribution >= 4 is 46.0 Å². The van der Waals surface area contributed by atoms with E-state index < -0.39 is 23.2 Å². The fourth-order valence-electron chi connectivity index (χ4n) is 4.48. The molecule has 35 heavy (non-hydrogen) atoms. The van der Waals surface area contributed by atoms with E-state index in [-0.39, 0.29) is 29.5 Å². The molecule has 2 aromatic heterocycles. The standard InChI is InChI=1S/C22H19ClF3N7O2/c1-2-16(34)32-8-12-4-3-11(32)9-33(12)22-27-7-14-19(31-22)20(29-10-28-14)30-13-5-6-15(35-21(25)26)17(23)18(13)24/h2,5-7,10-12,21H,1,3-4,8-9H2,(H,28,29,30)/t11-,12+/m0/s1. The van der Waals surface area contributed by atoms with Crippen LogP contribution in [0.4, 0.5) is 30.6 Å². The van der Waals surface area contributed by atoms with Gasteiger partial charge in [0.05, 0.1) is 11.9 Å². The van der Waals surface area contributed by atoms with E-state index in [1.165, 1.54) is 18.5 Å². The number of anilines is 3. The number of fused-ring (bicyclic) bond motifs is 4. The van der Waals surface area contributed by atoms with E-state index in [2.05, 4.69) is 36.6 Å². The lowest BCUT2D eigenvalue weighted by atomic mass is 9.91. The SMILES string of the molecule is C=CC(=O)N1C[C@H]2CC[C@H]1CN2c1ncc2ncnc(Nc3ccc(OC(F)F)c(Cl)c3F)c2n1. The molecule has 0 radical (unpaired) electrons. The van der Waals surface area contributed by atoms with Gasteiger partial charge in [-0.1, -0.05) is 18.2 Å². The minimum Gasteiger partial charge on any atom is -0.433 e. The van der Waals surface area contributed by atoms with E-state index in [9.17, 15) is 18.0 Å². The normalized spacial score (nSPS) is 19.3. The molecule has 13 heteroatoms. The number of halogens is 4. The number of alkyl halides is 2. The van der Waals surface area contributed by atoms with Crippen LogP contribution in [0, 0.1) is 5.82 Å². The highest BCUT2D eigenvalue weighted by Crippen LogP contribution is 2.36. The third kappa shape index (κ3) is 4.29. The maximum atomic E-state index is 14.8. The fourth-order valence-corrected chi connectivity index (χ4v) is 4.69. The minimum absolute atomic E-state index is 0.0274. The molecule has 9 nitrogen and oxygen atoms in total. The quantitative estimate of drug-likeness (QED) is 0.504. The first kappa shape index (κ1) is 23.1. The van der Waals surface area contributed by atoms with Gasteiger partial charge in [-0.25, -0.2) is 24.3 Å². The van der Waals surface area contributed by atoms with Gasteiger partial charge in [-0.3, -0.25) is 4.79 Å². The number of piperazine rings is 1. The molecule has 3 fully saturated rings. The number of nitrogens with one attached hydrogen (secondary N) is 1. The van der Waals surface area contributed by atoms with Gasteiger partial charge >= 0.3 is 6.61 Å². The van der Waals surface area contributed by atoms with E-state index >= 15 is 0 Å². The summed E-state index contributed by atoms with van der Waals surface area (Å²) in [6.45, 7) is 1.56. The molecule has 2 atom stereocenters. The molecule has 0 spiro atoms. The molecular weight excluding hydrogens is 487 g/mol. The monoisotopic (exact) mass is 505 g/mol. The molecule has 3 aliphatic heterocycles. The second-order valence-corrected chi connectivity index (χ2v) is 8.48. The van der Waals surface area contributed by atoms with Crippen molar-refractivity contribution in [3.63, 3.8) is 0 Å². The molecule has 0 aliphatic carbocycles. The van der Waals surface area contributed by atoms with Crippen molar-refractivity contribution in [2.24, 2.45) is 0 Å². The number of benzene rings is 1. The van der Waals surface area contributed by atoms with Crippen molar-refractivity contribution in [3.8, 4) is 5.75 Å². The summed E-state index contributed by atoms with van der Waals surface area (Å²) in [6, 6.07) is 2.41. The summed E-state index contributed by atoms with van der Waals surface area (Å²) in [4.78, 5) is 33.5. The smallest absolute Gasteiger partial charge is 0.387 e. The van der Waals surface area contributed by atoms with Gasteiger partial charge in [-0.05, 0) is 31.1 Å². The molecule has 5 heterocycles. The topological polar surface area (TPSA) is 96.4 Å². The Balaban J connectivity index is 1.45. The Morgan fingerprint density at radius 3 is 2.74 bits per heavy atom. The Labute approximate surface area is 202 Å². The minimum atomic E-state index is -3.14. The molecule has 0 unspecified atom stereocenters. The van der Waals surface area contributed by atoms with Crippen molar-refractivity contribution in [2.45, 2.75) is 31.5 Å². The zero-order valence-corrected chi connectivity index (χ0v) is 18.9. The molecule has 182 valence electrons. The van der Waals surface area contributed by atoms with Crippen LogP contribution in [-0.2, 0) is 4.79 Å². The molecule has 3 aliphatic rings. The van der Waals surface area contributed by atoms with Crippen LogP contribution in [-0.4, -0.2) is 62.5 Å². The van der Waals surface area contributed by atoms with E-state index in [1.807, 2.05) is 9.80 Å². The van der Waals surface area contributed by atoms with E-state index in [4.69, 9.17) is 11.6 Å². The summed E-state index contributed by atoms with van der Waals surface area (Å²) in [5.41, 5.74) is 0.648. The lowest BCUT2D eigenvalue weighted by Crippen LogP contribution is -2.64. The Kier molecular flexibility index (Phi) is 6.05. The van der Waals surface area contributed by atoms with Crippen molar-refractivity contribution in [1.82, 2.24) is 24.8 Å². The number of piperidine rings is 2. The number of amides is 1. The number of nitrogens with zero attached hydrogens (tertiary/aromatic N) is 6. The summed E-state index contributed by atoms with van der Waals surface area (Å²) in [5, 5.41) is 2.21. The first-order chi connectivity index (χ1) is 16.9. The molecule has 3 saturated heterocycles. The van der Waals surface area contributed by atoms with Crippen LogP contribution in [0.5, 0.6) is 5.75 Å². The first-order valence-corrected chi connectivity index (χ1v) is 11.1. The summed E-state index contributed by atoms with van der Waals surface area (Å²) in [6.07, 6.45) is 5.91. The Morgan fingerprint density at radius 2 is 2.03 bits per heavy atom. The molecule has 1 amide bonds. The van der Waals surface area contributed by atoms with Crippen LogP contribution < -0.4 is 15.0 Å². The van der Waals surface area contributed by atoms with Gasteiger partial charge in [-0.15, -0.1) is 0 Å². The zero-order valence-electron chi connectivity index (χ0n) is 18.2. The Bertz CT molecular complexity index is 1310. The van der Waals surface area contributed by atoms with Crippen molar-refractivity contribution in [3.05, 3.63) is 48.2 Å². The van der Waals surface area contributed by atoms with Crippen LogP contribution in [0.15, 0.2) is 37.3 Å². The number of ether oxygens (including phenoxy) is 1. The van der Waals surface area contributed by atoms with Crippen LogP contribution in [0.25, 0.3) is 11.0 Å². The number of rotatable bonds is 6. The number of hydrogen-bond donors (Lipinski definition) is 1. The highest BCUT2D eigenvalue weighted by molar-refractivity contribution is 6.32. The van der Waals surface area contributed by atoms with Gasteiger partial charge in [-0.2, -0.15) is 8.78 Å². The zero-order chi connectivity index (χ0) is 24.7. The van der Waals surface area contributed by atoms with Gasteiger partial charge in [0.1, 0.15) is 28.1 Å². The van der Waals surface area contributed by atoms with Gasteiger partial charge < -0.3 is 19.9 Å².